The number of amides is 1. The molecule has 0 bridgehead atoms. The summed E-state index contributed by atoms with van der Waals surface area (Å²) in [7, 11) is 1.51. The smallest absolute Gasteiger partial charge is 0.231 e. The molecule has 1 amide bonds. The van der Waals surface area contributed by atoms with Gasteiger partial charge >= 0.3 is 0 Å². The Kier molecular flexibility index (Phi) is 4.04. The first-order valence-electron chi connectivity index (χ1n) is 6.47. The van der Waals surface area contributed by atoms with Crippen molar-refractivity contribution in [2.24, 2.45) is 5.41 Å². The molecule has 1 heterocycles. The Hall–Kier alpha value is -1.62. The summed E-state index contributed by atoms with van der Waals surface area (Å²) in [6.07, 6.45) is 1.51. The molecule has 1 aromatic rings. The molecule has 1 aliphatic rings. The van der Waals surface area contributed by atoms with Crippen LogP contribution >= 0.6 is 0 Å². The molecule has 4 nitrogen and oxygen atoms in total. The zero-order chi connectivity index (χ0) is 13.9. The highest BCUT2D eigenvalue weighted by Gasteiger charge is 2.39. The third-order valence-corrected chi connectivity index (χ3v) is 3.82. The summed E-state index contributed by atoms with van der Waals surface area (Å²) in [5.74, 6) is -0.0645. The fourth-order valence-electron chi connectivity index (χ4n) is 2.38. The van der Waals surface area contributed by atoms with Crippen LogP contribution in [0.5, 0.6) is 5.75 Å². The molecule has 0 saturated carbocycles. The molecule has 1 fully saturated rings. The van der Waals surface area contributed by atoms with Crippen LogP contribution in [0.15, 0.2) is 18.2 Å². The van der Waals surface area contributed by atoms with Crippen molar-refractivity contribution in [3.8, 4) is 5.75 Å². The van der Waals surface area contributed by atoms with Gasteiger partial charge in [0.2, 0.25) is 5.91 Å². The van der Waals surface area contributed by atoms with Crippen molar-refractivity contribution >= 4 is 11.6 Å². The standard InChI is InChI=1S/C14H19FN2O2/c1-3-14(6-7-16-9-14)13(18)17-12-8-10(19-2)4-5-11(12)15/h4-5,8,16H,3,6-7,9H2,1-2H3,(H,17,18). The third-order valence-electron chi connectivity index (χ3n) is 3.82. The molecule has 2 N–H and O–H groups in total. The highest BCUT2D eigenvalue weighted by molar-refractivity contribution is 5.96. The Bertz CT molecular complexity index is 471. The summed E-state index contributed by atoms with van der Waals surface area (Å²) >= 11 is 0. The second-order valence-corrected chi connectivity index (χ2v) is 4.86. The molecular weight excluding hydrogens is 247 g/mol. The summed E-state index contributed by atoms with van der Waals surface area (Å²) in [4.78, 5) is 12.4. The van der Waals surface area contributed by atoms with E-state index in [0.717, 1.165) is 19.4 Å². The zero-order valence-corrected chi connectivity index (χ0v) is 11.3. The molecule has 1 aromatic carbocycles. The van der Waals surface area contributed by atoms with Gasteiger partial charge < -0.3 is 15.4 Å². The molecule has 1 saturated heterocycles. The van der Waals surface area contributed by atoms with E-state index in [2.05, 4.69) is 10.6 Å². The molecule has 104 valence electrons. The second kappa shape index (κ2) is 5.57. The third kappa shape index (κ3) is 2.71. The van der Waals surface area contributed by atoms with Crippen LogP contribution in [0.4, 0.5) is 10.1 Å². The van der Waals surface area contributed by atoms with Gasteiger partial charge in [-0.2, -0.15) is 0 Å². The van der Waals surface area contributed by atoms with Crippen molar-refractivity contribution in [1.29, 1.82) is 0 Å². The van der Waals surface area contributed by atoms with Crippen molar-refractivity contribution in [3.63, 3.8) is 0 Å². The van der Waals surface area contributed by atoms with E-state index in [4.69, 9.17) is 4.74 Å². The number of carbonyl (C=O) groups excluding carboxylic acids is 1. The Morgan fingerprint density at radius 1 is 1.58 bits per heavy atom. The summed E-state index contributed by atoms with van der Waals surface area (Å²) in [6, 6.07) is 4.32. The maximum Gasteiger partial charge on any atom is 0.231 e. The number of hydrogen-bond acceptors (Lipinski definition) is 3. The minimum atomic E-state index is -0.452. The predicted molar refractivity (Wildman–Crippen MR) is 71.8 cm³/mol. The topological polar surface area (TPSA) is 50.4 Å². The van der Waals surface area contributed by atoms with Crippen LogP contribution in [0, 0.1) is 11.2 Å². The van der Waals surface area contributed by atoms with Crippen LogP contribution in [0.1, 0.15) is 19.8 Å². The van der Waals surface area contributed by atoms with E-state index in [1.54, 1.807) is 0 Å². The van der Waals surface area contributed by atoms with Crippen molar-refractivity contribution < 1.29 is 13.9 Å². The van der Waals surface area contributed by atoms with Gasteiger partial charge in [-0.15, -0.1) is 0 Å². The lowest BCUT2D eigenvalue weighted by Crippen LogP contribution is -2.37. The fraction of sp³-hybridized carbons (Fsp3) is 0.500. The van der Waals surface area contributed by atoms with E-state index >= 15 is 0 Å². The highest BCUT2D eigenvalue weighted by atomic mass is 19.1. The normalized spacial score (nSPS) is 22.3. The number of rotatable bonds is 4. The predicted octanol–water partition coefficient (Wildman–Crippen LogP) is 2.16. The maximum absolute atomic E-state index is 13.7. The average molecular weight is 266 g/mol. The van der Waals surface area contributed by atoms with Crippen LogP contribution in [-0.2, 0) is 4.79 Å². The molecule has 1 atom stereocenters. The van der Waals surface area contributed by atoms with Gasteiger partial charge in [0.25, 0.3) is 0 Å². The number of methoxy groups -OCH3 is 1. The van der Waals surface area contributed by atoms with Gasteiger partial charge in [-0.1, -0.05) is 6.92 Å². The quantitative estimate of drug-likeness (QED) is 0.878. The number of anilines is 1. The first-order valence-corrected chi connectivity index (χ1v) is 6.47. The van der Waals surface area contributed by atoms with E-state index in [1.807, 2.05) is 6.92 Å². The Morgan fingerprint density at radius 2 is 2.37 bits per heavy atom. The lowest BCUT2D eigenvalue weighted by molar-refractivity contribution is -0.124. The number of nitrogens with one attached hydrogen (secondary N) is 2. The lowest BCUT2D eigenvalue weighted by atomic mass is 9.83. The molecule has 19 heavy (non-hydrogen) atoms. The molecule has 2 rings (SSSR count). The van der Waals surface area contributed by atoms with Gasteiger partial charge in [-0.25, -0.2) is 4.39 Å². The number of benzene rings is 1. The highest BCUT2D eigenvalue weighted by Crippen LogP contribution is 2.32. The molecule has 0 aliphatic carbocycles. The van der Waals surface area contributed by atoms with E-state index in [1.165, 1.54) is 25.3 Å². The van der Waals surface area contributed by atoms with Gasteiger partial charge in [-0.05, 0) is 31.5 Å². The molecule has 0 aromatic heterocycles. The zero-order valence-electron chi connectivity index (χ0n) is 11.3. The summed E-state index contributed by atoms with van der Waals surface area (Å²) in [6.45, 7) is 3.44. The van der Waals surface area contributed by atoms with Gasteiger partial charge in [0.05, 0.1) is 18.2 Å². The van der Waals surface area contributed by atoms with Crippen molar-refractivity contribution in [2.45, 2.75) is 19.8 Å². The van der Waals surface area contributed by atoms with Gasteiger partial charge in [-0.3, -0.25) is 4.79 Å². The molecule has 5 heteroatoms. The molecular formula is C14H19FN2O2. The average Bonchev–Trinajstić information content (AvgIpc) is 2.91. The monoisotopic (exact) mass is 266 g/mol. The van der Waals surface area contributed by atoms with Gasteiger partial charge in [0, 0.05) is 12.6 Å². The van der Waals surface area contributed by atoms with E-state index < -0.39 is 11.2 Å². The summed E-state index contributed by atoms with van der Waals surface area (Å²) < 4.78 is 18.7. The van der Waals surface area contributed by atoms with Crippen molar-refractivity contribution in [2.75, 3.05) is 25.5 Å². The summed E-state index contributed by atoms with van der Waals surface area (Å²) in [5.41, 5.74) is -0.265. The van der Waals surface area contributed by atoms with Gasteiger partial charge in [0.15, 0.2) is 0 Å². The Morgan fingerprint density at radius 3 is 2.95 bits per heavy atom. The van der Waals surface area contributed by atoms with Crippen LogP contribution in [0.3, 0.4) is 0 Å². The van der Waals surface area contributed by atoms with Crippen molar-refractivity contribution in [1.82, 2.24) is 5.32 Å². The minimum absolute atomic E-state index is 0.132. The Balaban J connectivity index is 2.18. The number of halogens is 1. The fourth-order valence-corrected chi connectivity index (χ4v) is 2.38. The van der Waals surface area contributed by atoms with E-state index in [9.17, 15) is 9.18 Å². The minimum Gasteiger partial charge on any atom is -0.497 e. The Labute approximate surface area is 112 Å². The van der Waals surface area contributed by atoms with Crippen LogP contribution in [-0.4, -0.2) is 26.1 Å². The first-order chi connectivity index (χ1) is 9.11. The number of ether oxygens (including phenoxy) is 1. The van der Waals surface area contributed by atoms with Gasteiger partial charge in [0.1, 0.15) is 11.6 Å². The first kappa shape index (κ1) is 13.8. The maximum atomic E-state index is 13.7. The summed E-state index contributed by atoms with van der Waals surface area (Å²) in [5, 5.41) is 5.87. The molecule has 1 aliphatic heterocycles. The lowest BCUT2D eigenvalue weighted by Gasteiger charge is -2.25. The largest absolute Gasteiger partial charge is 0.497 e. The molecule has 0 radical (unpaired) electrons. The number of carbonyl (C=O) groups is 1. The molecule has 0 spiro atoms. The molecule has 1 unspecified atom stereocenters. The van der Waals surface area contributed by atoms with E-state index in [0.29, 0.717) is 12.3 Å². The van der Waals surface area contributed by atoms with Crippen molar-refractivity contribution in [3.05, 3.63) is 24.0 Å². The second-order valence-electron chi connectivity index (χ2n) is 4.86. The van der Waals surface area contributed by atoms with Crippen LogP contribution in [0.25, 0.3) is 0 Å². The number of hydrogen-bond donors (Lipinski definition) is 2. The van der Waals surface area contributed by atoms with Crippen LogP contribution in [0.2, 0.25) is 0 Å². The SMILES string of the molecule is CCC1(C(=O)Nc2cc(OC)ccc2F)CCNC1. The van der Waals surface area contributed by atoms with Crippen LogP contribution < -0.4 is 15.4 Å². The van der Waals surface area contributed by atoms with E-state index in [-0.39, 0.29) is 11.6 Å².